The molecule has 1 aliphatic heterocycles. The summed E-state index contributed by atoms with van der Waals surface area (Å²) in [4.78, 5) is 22.9. The van der Waals surface area contributed by atoms with Crippen molar-refractivity contribution in [2.45, 2.75) is 31.9 Å². The number of aromatic nitrogens is 3. The van der Waals surface area contributed by atoms with E-state index in [0.717, 1.165) is 40.9 Å². The van der Waals surface area contributed by atoms with E-state index >= 15 is 0 Å². The molecule has 1 saturated heterocycles. The van der Waals surface area contributed by atoms with Crippen LogP contribution in [0.3, 0.4) is 0 Å². The van der Waals surface area contributed by atoms with E-state index in [0.29, 0.717) is 23.8 Å². The molecule has 1 unspecified atom stereocenters. The van der Waals surface area contributed by atoms with Crippen molar-refractivity contribution in [1.29, 1.82) is 0 Å². The number of carbonyl (C=O) groups excluding carboxylic acids is 1. The molecule has 27 heavy (non-hydrogen) atoms. The number of pyridine rings is 1. The van der Waals surface area contributed by atoms with Crippen LogP contribution in [0.5, 0.6) is 0 Å². The van der Waals surface area contributed by atoms with Crippen LogP contribution in [0.15, 0.2) is 29.8 Å². The van der Waals surface area contributed by atoms with Crippen LogP contribution in [0, 0.1) is 6.92 Å². The fraction of sp³-hybridized carbons (Fsp3) is 0.389. The van der Waals surface area contributed by atoms with Gasteiger partial charge in [-0.25, -0.2) is 9.97 Å². The average molecular weight is 394 g/mol. The van der Waals surface area contributed by atoms with Crippen molar-refractivity contribution < 1.29 is 18.0 Å². The Balaban J connectivity index is 1.57. The van der Waals surface area contributed by atoms with Crippen LogP contribution in [0.1, 0.15) is 45.8 Å². The standard InChI is InChI=1S/C18H17F3N4OS/c1-11-22-15(13-6-2-3-8-25(11)13)17(26)24-7-4-5-12(9-24)16-23-14(10-27-16)18(19,20)21/h2-3,6,8,10,12H,4-5,7,9H2,1H3. The average Bonchev–Trinajstić information content (AvgIpc) is 3.27. The number of imidazole rings is 1. The Morgan fingerprint density at radius 2 is 2.11 bits per heavy atom. The zero-order chi connectivity index (χ0) is 19.2. The molecule has 4 rings (SSSR count). The summed E-state index contributed by atoms with van der Waals surface area (Å²) < 4.78 is 40.3. The van der Waals surface area contributed by atoms with Crippen molar-refractivity contribution in [3.05, 3.63) is 52.0 Å². The number of amides is 1. The second kappa shape index (κ2) is 6.63. The molecule has 5 nitrogen and oxygen atoms in total. The summed E-state index contributed by atoms with van der Waals surface area (Å²) in [7, 11) is 0. The summed E-state index contributed by atoms with van der Waals surface area (Å²) in [5, 5.41) is 1.48. The summed E-state index contributed by atoms with van der Waals surface area (Å²) in [5.74, 6) is 0.347. The molecule has 3 aromatic heterocycles. The Kier molecular flexibility index (Phi) is 4.41. The lowest BCUT2D eigenvalue weighted by Crippen LogP contribution is -2.39. The smallest absolute Gasteiger partial charge is 0.337 e. The highest BCUT2D eigenvalue weighted by molar-refractivity contribution is 7.09. The summed E-state index contributed by atoms with van der Waals surface area (Å²) in [6.07, 6.45) is -1.15. The van der Waals surface area contributed by atoms with Gasteiger partial charge in [-0.15, -0.1) is 11.3 Å². The molecule has 0 spiro atoms. The van der Waals surface area contributed by atoms with E-state index in [2.05, 4.69) is 9.97 Å². The van der Waals surface area contributed by atoms with Gasteiger partial charge in [0.1, 0.15) is 5.82 Å². The van der Waals surface area contributed by atoms with Crippen LogP contribution in [0.4, 0.5) is 13.2 Å². The van der Waals surface area contributed by atoms with Crippen LogP contribution in [0.2, 0.25) is 0 Å². The maximum atomic E-state index is 13.0. The molecule has 9 heteroatoms. The Labute approximate surface area is 157 Å². The molecule has 0 bridgehead atoms. The molecular weight excluding hydrogens is 377 g/mol. The molecule has 0 radical (unpaired) electrons. The number of alkyl halides is 3. The summed E-state index contributed by atoms with van der Waals surface area (Å²) in [5.41, 5.74) is 0.251. The van der Waals surface area contributed by atoms with Crippen molar-refractivity contribution in [2.24, 2.45) is 0 Å². The summed E-state index contributed by atoms with van der Waals surface area (Å²) in [6.45, 7) is 2.75. The monoisotopic (exact) mass is 394 g/mol. The van der Waals surface area contributed by atoms with Crippen molar-refractivity contribution in [1.82, 2.24) is 19.3 Å². The summed E-state index contributed by atoms with van der Waals surface area (Å²) in [6, 6.07) is 5.55. The Bertz CT molecular complexity index is 994. The molecule has 0 saturated carbocycles. The third-order valence-electron chi connectivity index (χ3n) is 4.80. The number of aryl methyl sites for hydroxylation is 1. The predicted octanol–water partition coefficient (Wildman–Crippen LogP) is 4.14. The highest BCUT2D eigenvalue weighted by atomic mass is 32.1. The molecule has 4 heterocycles. The van der Waals surface area contributed by atoms with Gasteiger partial charge in [-0.1, -0.05) is 6.07 Å². The molecule has 1 amide bonds. The van der Waals surface area contributed by atoms with Crippen LogP contribution < -0.4 is 0 Å². The zero-order valence-electron chi connectivity index (χ0n) is 14.5. The maximum Gasteiger partial charge on any atom is 0.434 e. The van der Waals surface area contributed by atoms with E-state index in [1.54, 1.807) is 4.90 Å². The van der Waals surface area contributed by atoms with E-state index in [1.165, 1.54) is 0 Å². The number of halogens is 3. The lowest BCUT2D eigenvalue weighted by molar-refractivity contribution is -0.140. The van der Waals surface area contributed by atoms with Gasteiger partial charge in [0.25, 0.3) is 5.91 Å². The number of nitrogens with zero attached hydrogens (tertiary/aromatic N) is 4. The first-order chi connectivity index (χ1) is 12.8. The molecule has 1 atom stereocenters. The fourth-order valence-corrected chi connectivity index (χ4v) is 4.42. The molecule has 0 aromatic carbocycles. The number of rotatable bonds is 2. The highest BCUT2D eigenvalue weighted by Gasteiger charge is 2.36. The number of thiazole rings is 1. The van der Waals surface area contributed by atoms with E-state index in [9.17, 15) is 18.0 Å². The van der Waals surface area contributed by atoms with Gasteiger partial charge in [0.05, 0.1) is 10.5 Å². The van der Waals surface area contributed by atoms with Crippen LogP contribution in [-0.2, 0) is 6.18 Å². The van der Waals surface area contributed by atoms with E-state index in [1.807, 2.05) is 35.7 Å². The minimum atomic E-state index is -4.44. The quantitative estimate of drug-likeness (QED) is 0.657. The lowest BCUT2D eigenvalue weighted by Gasteiger charge is -2.31. The Morgan fingerprint density at radius 3 is 2.85 bits per heavy atom. The van der Waals surface area contributed by atoms with Crippen molar-refractivity contribution >= 4 is 22.8 Å². The van der Waals surface area contributed by atoms with Crippen molar-refractivity contribution in [2.75, 3.05) is 13.1 Å². The number of carbonyl (C=O) groups is 1. The van der Waals surface area contributed by atoms with E-state index < -0.39 is 11.9 Å². The summed E-state index contributed by atoms with van der Waals surface area (Å²) >= 11 is 1.01. The van der Waals surface area contributed by atoms with Crippen LogP contribution in [-0.4, -0.2) is 38.3 Å². The van der Waals surface area contributed by atoms with Gasteiger partial charge in [-0.05, 0) is 31.9 Å². The number of likely N-dealkylation sites (tertiary alicyclic amines) is 1. The third kappa shape index (κ3) is 3.31. The lowest BCUT2D eigenvalue weighted by atomic mass is 9.98. The topological polar surface area (TPSA) is 50.5 Å². The second-order valence-electron chi connectivity index (χ2n) is 6.62. The van der Waals surface area contributed by atoms with Gasteiger partial charge in [-0.3, -0.25) is 4.79 Å². The first-order valence-corrected chi connectivity index (χ1v) is 9.48. The Morgan fingerprint density at radius 1 is 1.30 bits per heavy atom. The Hall–Kier alpha value is -2.42. The van der Waals surface area contributed by atoms with Gasteiger partial charge < -0.3 is 9.30 Å². The molecular formula is C18H17F3N4OS. The molecule has 1 aliphatic rings. The number of piperidine rings is 1. The van der Waals surface area contributed by atoms with Gasteiger partial charge in [0.2, 0.25) is 0 Å². The van der Waals surface area contributed by atoms with Crippen LogP contribution >= 0.6 is 11.3 Å². The largest absolute Gasteiger partial charge is 0.434 e. The van der Waals surface area contributed by atoms with E-state index in [4.69, 9.17) is 0 Å². The number of hydrogen-bond acceptors (Lipinski definition) is 4. The second-order valence-corrected chi connectivity index (χ2v) is 7.51. The first kappa shape index (κ1) is 18.0. The molecule has 0 aliphatic carbocycles. The van der Waals surface area contributed by atoms with Gasteiger partial charge in [-0.2, -0.15) is 13.2 Å². The molecule has 0 N–H and O–H groups in total. The molecule has 142 valence electrons. The zero-order valence-corrected chi connectivity index (χ0v) is 15.3. The van der Waals surface area contributed by atoms with Crippen molar-refractivity contribution in [3.63, 3.8) is 0 Å². The predicted molar refractivity (Wildman–Crippen MR) is 94.9 cm³/mol. The highest BCUT2D eigenvalue weighted by Crippen LogP contribution is 2.35. The fourth-order valence-electron chi connectivity index (χ4n) is 3.47. The molecule has 1 fully saturated rings. The molecule has 3 aromatic rings. The van der Waals surface area contributed by atoms with E-state index in [-0.39, 0.29) is 11.8 Å². The minimum absolute atomic E-state index is 0.182. The van der Waals surface area contributed by atoms with Crippen LogP contribution in [0.25, 0.3) is 5.52 Å². The SMILES string of the molecule is Cc1nc(C(=O)N2CCCC(c3nc(C(F)(F)F)cs3)C2)c2ccccn12. The number of fused-ring (bicyclic) bond motifs is 1. The number of hydrogen-bond donors (Lipinski definition) is 0. The minimum Gasteiger partial charge on any atom is -0.337 e. The van der Waals surface area contributed by atoms with Gasteiger partial charge in [0, 0.05) is 30.6 Å². The normalized spacial score (nSPS) is 18.2. The third-order valence-corrected chi connectivity index (χ3v) is 5.80. The van der Waals surface area contributed by atoms with Crippen molar-refractivity contribution in [3.8, 4) is 0 Å². The van der Waals surface area contributed by atoms with Gasteiger partial charge >= 0.3 is 6.18 Å². The maximum absolute atomic E-state index is 13.0. The van der Waals surface area contributed by atoms with Gasteiger partial charge in [0.15, 0.2) is 11.4 Å². The first-order valence-electron chi connectivity index (χ1n) is 8.60.